The molecule has 5 heteroatoms. The van der Waals surface area contributed by atoms with Crippen LogP contribution in [0.4, 0.5) is 0 Å². The molecule has 0 aromatic carbocycles. The number of nitrogens with zero attached hydrogens (tertiary/aromatic N) is 3. The summed E-state index contributed by atoms with van der Waals surface area (Å²) in [5.74, 6) is 0. The van der Waals surface area contributed by atoms with E-state index >= 15 is 0 Å². The highest BCUT2D eigenvalue weighted by Gasteiger charge is 1.91. The second-order valence-corrected chi connectivity index (χ2v) is 1.66. The molecule has 0 spiro atoms. The van der Waals surface area contributed by atoms with Gasteiger partial charge >= 0.3 is 0 Å². The maximum absolute atomic E-state index is 3.91. The minimum Gasteiger partial charge on any atom is -0.342 e. The lowest BCUT2D eigenvalue weighted by molar-refractivity contribution is 1.20. The number of hydrogen-bond donors (Lipinski definition) is 1. The lowest BCUT2D eigenvalue weighted by atomic mass is 10.6. The van der Waals surface area contributed by atoms with Gasteiger partial charge in [-0.25, -0.2) is 15.0 Å². The zero-order valence-electron chi connectivity index (χ0n) is 5.28. The molecule has 0 saturated carbocycles. The van der Waals surface area contributed by atoms with E-state index in [0.29, 0.717) is 5.65 Å². The molecule has 1 unspecified atom stereocenters. The number of nitrogens with one attached hydrogen (secondary N) is 1. The third-order valence-electron chi connectivity index (χ3n) is 1.10. The lowest BCUT2D eigenvalue weighted by Crippen LogP contribution is -1.76. The van der Waals surface area contributed by atoms with Crippen molar-refractivity contribution in [3.63, 3.8) is 0 Å². The van der Waals surface area contributed by atoms with Gasteiger partial charge < -0.3 is 4.98 Å². The van der Waals surface area contributed by atoms with E-state index < -0.39 is 0 Å². The van der Waals surface area contributed by atoms with E-state index in [-0.39, 0.29) is 9.90 Å². The van der Waals surface area contributed by atoms with Crippen molar-refractivity contribution in [1.29, 1.82) is 0 Å². The van der Waals surface area contributed by atoms with Crippen molar-refractivity contribution in [2.24, 2.45) is 0 Å². The molecule has 0 aliphatic carbocycles. The summed E-state index contributed by atoms with van der Waals surface area (Å²) in [6.45, 7) is 0. The van der Waals surface area contributed by atoms with Crippen LogP contribution in [0, 0.1) is 0 Å². The first kappa shape index (κ1) is 7.09. The topological polar surface area (TPSA) is 54.5 Å². The second kappa shape index (κ2) is 2.71. The van der Waals surface area contributed by atoms with E-state index in [9.17, 15) is 0 Å². The Balaban J connectivity index is 0.000000500. The van der Waals surface area contributed by atoms with Crippen molar-refractivity contribution >= 4 is 21.1 Å². The first-order chi connectivity index (χ1) is 4.47. The SMILES string of the molecule is P.c1ncc2[nH]cnc2n1. The average molecular weight is 154 g/mol. The Morgan fingerprint density at radius 1 is 1.30 bits per heavy atom. The summed E-state index contributed by atoms with van der Waals surface area (Å²) in [6.07, 6.45) is 4.76. The number of hydrogen-bond acceptors (Lipinski definition) is 3. The smallest absolute Gasteiger partial charge is 0.180 e. The van der Waals surface area contributed by atoms with Crippen LogP contribution in [-0.4, -0.2) is 19.9 Å². The number of aromatic nitrogens is 4. The van der Waals surface area contributed by atoms with Gasteiger partial charge in [-0.05, 0) is 0 Å². The number of rotatable bonds is 0. The fourth-order valence-electron chi connectivity index (χ4n) is 0.691. The van der Waals surface area contributed by atoms with Gasteiger partial charge in [0.25, 0.3) is 0 Å². The maximum atomic E-state index is 3.91. The highest BCUT2D eigenvalue weighted by Crippen LogP contribution is 1.99. The van der Waals surface area contributed by atoms with Crippen LogP contribution in [-0.2, 0) is 0 Å². The number of aromatic amines is 1. The largest absolute Gasteiger partial charge is 0.342 e. The van der Waals surface area contributed by atoms with E-state index in [0.717, 1.165) is 5.52 Å². The first-order valence-electron chi connectivity index (χ1n) is 2.56. The number of H-pyrrole nitrogens is 1. The van der Waals surface area contributed by atoms with Crippen LogP contribution in [0.2, 0.25) is 0 Å². The summed E-state index contributed by atoms with van der Waals surface area (Å²) in [5.41, 5.74) is 1.59. The molecule has 2 heterocycles. The Morgan fingerprint density at radius 2 is 2.20 bits per heavy atom. The van der Waals surface area contributed by atoms with Crippen molar-refractivity contribution in [3.8, 4) is 0 Å². The summed E-state index contributed by atoms with van der Waals surface area (Å²) in [6, 6.07) is 0. The van der Waals surface area contributed by atoms with Crippen LogP contribution < -0.4 is 0 Å². The van der Waals surface area contributed by atoms with Crippen molar-refractivity contribution in [2.75, 3.05) is 0 Å². The predicted octanol–water partition coefficient (Wildman–Crippen LogP) is 0.411. The van der Waals surface area contributed by atoms with Gasteiger partial charge in [0, 0.05) is 0 Å². The average Bonchev–Trinajstić information content (AvgIpc) is 2.33. The third-order valence-corrected chi connectivity index (χ3v) is 1.10. The van der Waals surface area contributed by atoms with Gasteiger partial charge in [-0.3, -0.25) is 0 Å². The molecule has 0 radical (unpaired) electrons. The Bertz CT molecular complexity index is 288. The number of fused-ring (bicyclic) bond motifs is 1. The Morgan fingerprint density at radius 3 is 3.00 bits per heavy atom. The van der Waals surface area contributed by atoms with Crippen LogP contribution in [0.5, 0.6) is 0 Å². The molecule has 2 aromatic rings. The van der Waals surface area contributed by atoms with Crippen LogP contribution in [0.25, 0.3) is 11.2 Å². The zero-order chi connectivity index (χ0) is 6.10. The van der Waals surface area contributed by atoms with E-state index in [4.69, 9.17) is 0 Å². The van der Waals surface area contributed by atoms with Crippen molar-refractivity contribution in [3.05, 3.63) is 18.9 Å². The molecule has 1 N–H and O–H groups in total. The van der Waals surface area contributed by atoms with E-state index in [1.807, 2.05) is 0 Å². The van der Waals surface area contributed by atoms with Gasteiger partial charge in [0.15, 0.2) is 5.65 Å². The molecule has 4 nitrogen and oxygen atoms in total. The van der Waals surface area contributed by atoms with E-state index in [1.54, 1.807) is 12.5 Å². The van der Waals surface area contributed by atoms with Crippen molar-refractivity contribution in [1.82, 2.24) is 19.9 Å². The first-order valence-corrected chi connectivity index (χ1v) is 2.56. The summed E-state index contributed by atoms with van der Waals surface area (Å²) in [4.78, 5) is 14.5. The summed E-state index contributed by atoms with van der Waals surface area (Å²) < 4.78 is 0. The van der Waals surface area contributed by atoms with Gasteiger partial charge in [0.1, 0.15) is 11.8 Å². The molecule has 0 saturated heterocycles. The number of imidazole rings is 1. The highest BCUT2D eigenvalue weighted by molar-refractivity contribution is 6.92. The van der Waals surface area contributed by atoms with Gasteiger partial charge in [-0.2, -0.15) is 9.90 Å². The van der Waals surface area contributed by atoms with Crippen LogP contribution in [0.1, 0.15) is 0 Å². The minimum atomic E-state index is 0. The molecule has 0 aliphatic heterocycles. The molecule has 10 heavy (non-hydrogen) atoms. The van der Waals surface area contributed by atoms with Crippen molar-refractivity contribution in [2.45, 2.75) is 0 Å². The van der Waals surface area contributed by atoms with Gasteiger partial charge in [0.2, 0.25) is 0 Å². The summed E-state index contributed by atoms with van der Waals surface area (Å²) >= 11 is 0. The Kier molecular flexibility index (Phi) is 1.92. The van der Waals surface area contributed by atoms with Crippen molar-refractivity contribution < 1.29 is 0 Å². The van der Waals surface area contributed by atoms with Gasteiger partial charge in [-0.1, -0.05) is 0 Å². The third kappa shape index (κ3) is 0.977. The van der Waals surface area contributed by atoms with E-state index in [2.05, 4.69) is 19.9 Å². The van der Waals surface area contributed by atoms with Crippen LogP contribution >= 0.6 is 9.90 Å². The van der Waals surface area contributed by atoms with Gasteiger partial charge in [-0.15, -0.1) is 0 Å². The fraction of sp³-hybridized carbons (Fsp3) is 0. The highest BCUT2D eigenvalue weighted by atomic mass is 31.0. The monoisotopic (exact) mass is 154 g/mol. The van der Waals surface area contributed by atoms with Gasteiger partial charge in [0.05, 0.1) is 12.5 Å². The quantitative estimate of drug-likeness (QED) is 0.559. The standard InChI is InChI=1S/C5H4N4.H3P/c1-4-5(8-2-6-1)9-3-7-4;/h1-3H,(H,6,7,8,9);1H3. The molecule has 52 valence electrons. The molecule has 2 aromatic heterocycles. The molecule has 0 amide bonds. The second-order valence-electron chi connectivity index (χ2n) is 1.66. The molecule has 0 fully saturated rings. The maximum Gasteiger partial charge on any atom is 0.180 e. The molecular formula is C5H7N4P. The van der Waals surface area contributed by atoms with Crippen LogP contribution in [0.3, 0.4) is 0 Å². The zero-order valence-corrected chi connectivity index (χ0v) is 6.70. The Labute approximate surface area is 60.7 Å². The Hall–Kier alpha value is -1.02. The summed E-state index contributed by atoms with van der Waals surface area (Å²) in [5, 5.41) is 0. The normalized spacial score (nSPS) is 9.20. The minimum absolute atomic E-state index is 0. The summed E-state index contributed by atoms with van der Waals surface area (Å²) in [7, 11) is 0. The fourth-order valence-corrected chi connectivity index (χ4v) is 0.691. The molecule has 0 bridgehead atoms. The molecular weight excluding hydrogens is 147 g/mol. The van der Waals surface area contributed by atoms with E-state index in [1.165, 1.54) is 6.33 Å². The molecule has 0 aliphatic rings. The lowest BCUT2D eigenvalue weighted by Gasteiger charge is -1.80. The van der Waals surface area contributed by atoms with Crippen LogP contribution in [0.15, 0.2) is 18.9 Å². The molecule has 1 atom stereocenters. The predicted molar refractivity (Wildman–Crippen MR) is 42.8 cm³/mol. The molecule has 2 rings (SSSR count).